The van der Waals surface area contributed by atoms with Gasteiger partial charge in [0.25, 0.3) is 0 Å². The minimum Gasteiger partial charge on any atom is -0.480 e. The third kappa shape index (κ3) is 2.78. The largest absolute Gasteiger partial charge is 0.480 e. The van der Waals surface area contributed by atoms with Crippen LogP contribution in [0, 0.1) is 5.92 Å². The van der Waals surface area contributed by atoms with Crippen LogP contribution in [0.5, 0.6) is 0 Å². The number of ether oxygens (including phenoxy) is 2. The lowest BCUT2D eigenvalue weighted by Gasteiger charge is -2.27. The summed E-state index contributed by atoms with van der Waals surface area (Å²) in [6.07, 6.45) is 4.25. The Morgan fingerprint density at radius 2 is 2.35 bits per heavy atom. The summed E-state index contributed by atoms with van der Waals surface area (Å²) in [6.45, 7) is 2.02. The molecule has 0 aromatic carbocycles. The SMILES string of the molecule is NC1(C(=O)O)CCCC1CCOC1CCOC1. The summed E-state index contributed by atoms with van der Waals surface area (Å²) in [5.41, 5.74) is 4.93. The van der Waals surface area contributed by atoms with Gasteiger partial charge in [0.05, 0.1) is 12.7 Å². The van der Waals surface area contributed by atoms with Crippen LogP contribution in [0.3, 0.4) is 0 Å². The van der Waals surface area contributed by atoms with Gasteiger partial charge in [-0.05, 0) is 31.6 Å². The van der Waals surface area contributed by atoms with E-state index in [1.165, 1.54) is 0 Å². The summed E-state index contributed by atoms with van der Waals surface area (Å²) in [5, 5.41) is 9.17. The van der Waals surface area contributed by atoms with Gasteiger partial charge in [0.2, 0.25) is 0 Å². The Hall–Kier alpha value is -0.650. The topological polar surface area (TPSA) is 81.8 Å². The highest BCUT2D eigenvalue weighted by atomic mass is 16.5. The maximum atomic E-state index is 11.2. The molecular formula is C12H21NO4. The lowest BCUT2D eigenvalue weighted by atomic mass is 9.86. The van der Waals surface area contributed by atoms with Crippen molar-refractivity contribution in [3.05, 3.63) is 0 Å². The Morgan fingerprint density at radius 3 is 3.00 bits per heavy atom. The maximum absolute atomic E-state index is 11.2. The first-order chi connectivity index (χ1) is 8.13. The number of rotatable bonds is 5. The average Bonchev–Trinajstić information content (AvgIpc) is 2.90. The monoisotopic (exact) mass is 243 g/mol. The number of nitrogens with two attached hydrogens (primary N) is 1. The lowest BCUT2D eigenvalue weighted by molar-refractivity contribution is -0.145. The standard InChI is InChI=1S/C12H21NO4/c13-12(11(14)15)5-1-2-9(12)3-7-17-10-4-6-16-8-10/h9-10H,1-8,13H2,(H,14,15). The molecule has 1 saturated heterocycles. The zero-order chi connectivity index (χ0) is 12.3. The summed E-state index contributed by atoms with van der Waals surface area (Å²) >= 11 is 0. The Bertz CT molecular complexity index is 278. The van der Waals surface area contributed by atoms with Crippen molar-refractivity contribution in [1.29, 1.82) is 0 Å². The van der Waals surface area contributed by atoms with Crippen LogP contribution in [0.4, 0.5) is 0 Å². The second-order valence-electron chi connectivity index (χ2n) is 5.08. The van der Waals surface area contributed by atoms with E-state index in [0.29, 0.717) is 19.6 Å². The molecule has 0 bridgehead atoms. The highest BCUT2D eigenvalue weighted by Gasteiger charge is 2.45. The van der Waals surface area contributed by atoms with Crippen molar-refractivity contribution in [2.24, 2.45) is 11.7 Å². The first-order valence-corrected chi connectivity index (χ1v) is 6.34. The van der Waals surface area contributed by atoms with E-state index in [-0.39, 0.29) is 12.0 Å². The number of hydrogen-bond acceptors (Lipinski definition) is 4. The zero-order valence-corrected chi connectivity index (χ0v) is 10.1. The van der Waals surface area contributed by atoms with Crippen LogP contribution < -0.4 is 5.73 Å². The Kier molecular flexibility index (Phi) is 4.01. The molecular weight excluding hydrogens is 222 g/mol. The van der Waals surface area contributed by atoms with Crippen molar-refractivity contribution >= 4 is 5.97 Å². The van der Waals surface area contributed by atoms with Gasteiger partial charge in [-0.2, -0.15) is 0 Å². The average molecular weight is 243 g/mol. The molecule has 1 aliphatic heterocycles. The van der Waals surface area contributed by atoms with E-state index in [4.69, 9.17) is 20.3 Å². The molecule has 98 valence electrons. The van der Waals surface area contributed by atoms with Gasteiger partial charge in [-0.15, -0.1) is 0 Å². The van der Waals surface area contributed by atoms with Gasteiger partial charge in [-0.1, -0.05) is 6.42 Å². The van der Waals surface area contributed by atoms with Crippen molar-refractivity contribution in [1.82, 2.24) is 0 Å². The first kappa shape index (κ1) is 12.8. The summed E-state index contributed by atoms with van der Waals surface area (Å²) < 4.78 is 10.9. The molecule has 1 heterocycles. The number of carboxylic acids is 1. The number of carboxylic acid groups (broad SMARTS) is 1. The van der Waals surface area contributed by atoms with Gasteiger partial charge in [0.1, 0.15) is 5.54 Å². The molecule has 1 aliphatic carbocycles. The van der Waals surface area contributed by atoms with Crippen molar-refractivity contribution in [2.75, 3.05) is 19.8 Å². The van der Waals surface area contributed by atoms with Crippen LogP contribution in [0.1, 0.15) is 32.1 Å². The highest BCUT2D eigenvalue weighted by Crippen LogP contribution is 2.36. The molecule has 3 unspecified atom stereocenters. The molecule has 0 radical (unpaired) electrons. The predicted molar refractivity (Wildman–Crippen MR) is 61.7 cm³/mol. The van der Waals surface area contributed by atoms with Gasteiger partial charge >= 0.3 is 5.97 Å². The third-order valence-electron chi connectivity index (χ3n) is 3.98. The predicted octanol–water partition coefficient (Wildman–Crippen LogP) is 0.764. The summed E-state index contributed by atoms with van der Waals surface area (Å²) in [5.74, 6) is -0.827. The lowest BCUT2D eigenvalue weighted by Crippen LogP contribution is -2.51. The second-order valence-corrected chi connectivity index (χ2v) is 5.08. The second kappa shape index (κ2) is 5.33. The molecule has 3 atom stereocenters. The van der Waals surface area contributed by atoms with E-state index in [1.807, 2.05) is 0 Å². The smallest absolute Gasteiger partial charge is 0.323 e. The van der Waals surface area contributed by atoms with Crippen LogP contribution in [0.25, 0.3) is 0 Å². The van der Waals surface area contributed by atoms with Crippen molar-refractivity contribution < 1.29 is 19.4 Å². The first-order valence-electron chi connectivity index (χ1n) is 6.34. The highest BCUT2D eigenvalue weighted by molar-refractivity contribution is 5.79. The molecule has 0 spiro atoms. The fourth-order valence-corrected chi connectivity index (χ4v) is 2.81. The Morgan fingerprint density at radius 1 is 1.53 bits per heavy atom. The van der Waals surface area contributed by atoms with Gasteiger partial charge < -0.3 is 20.3 Å². The van der Waals surface area contributed by atoms with E-state index >= 15 is 0 Å². The van der Waals surface area contributed by atoms with Crippen molar-refractivity contribution in [3.8, 4) is 0 Å². The molecule has 3 N–H and O–H groups in total. The van der Waals surface area contributed by atoms with Crippen LogP contribution in [0.2, 0.25) is 0 Å². The van der Waals surface area contributed by atoms with Gasteiger partial charge in [0, 0.05) is 13.2 Å². The van der Waals surface area contributed by atoms with E-state index in [0.717, 1.165) is 32.3 Å². The molecule has 5 nitrogen and oxygen atoms in total. The van der Waals surface area contributed by atoms with Gasteiger partial charge in [-0.25, -0.2) is 0 Å². The molecule has 5 heteroatoms. The summed E-state index contributed by atoms with van der Waals surface area (Å²) in [7, 11) is 0. The number of hydrogen-bond donors (Lipinski definition) is 2. The Labute approximate surface area is 101 Å². The van der Waals surface area contributed by atoms with E-state index in [2.05, 4.69) is 0 Å². The molecule has 0 aromatic rings. The van der Waals surface area contributed by atoms with Crippen LogP contribution >= 0.6 is 0 Å². The Balaban J connectivity index is 1.76. The van der Waals surface area contributed by atoms with Gasteiger partial charge in [0.15, 0.2) is 0 Å². The molecule has 0 amide bonds. The van der Waals surface area contributed by atoms with Crippen molar-refractivity contribution in [3.63, 3.8) is 0 Å². The fourth-order valence-electron chi connectivity index (χ4n) is 2.81. The van der Waals surface area contributed by atoms with Crippen LogP contribution in [-0.2, 0) is 14.3 Å². The third-order valence-corrected chi connectivity index (χ3v) is 3.98. The van der Waals surface area contributed by atoms with Gasteiger partial charge in [-0.3, -0.25) is 4.79 Å². The van der Waals surface area contributed by atoms with Crippen molar-refractivity contribution in [2.45, 2.75) is 43.7 Å². The molecule has 2 rings (SSSR count). The maximum Gasteiger partial charge on any atom is 0.323 e. The minimum atomic E-state index is -1.03. The van der Waals surface area contributed by atoms with E-state index in [9.17, 15) is 4.79 Å². The van der Waals surface area contributed by atoms with Crippen LogP contribution in [0.15, 0.2) is 0 Å². The number of carbonyl (C=O) groups is 1. The van der Waals surface area contributed by atoms with E-state index < -0.39 is 11.5 Å². The molecule has 2 fully saturated rings. The molecule has 17 heavy (non-hydrogen) atoms. The molecule has 0 aromatic heterocycles. The molecule has 1 saturated carbocycles. The van der Waals surface area contributed by atoms with Crippen LogP contribution in [-0.4, -0.2) is 42.5 Å². The number of aliphatic carboxylic acids is 1. The quantitative estimate of drug-likeness (QED) is 0.745. The summed E-state index contributed by atoms with van der Waals surface area (Å²) in [6, 6.07) is 0. The normalized spacial score (nSPS) is 37.5. The molecule has 2 aliphatic rings. The fraction of sp³-hybridized carbons (Fsp3) is 0.917. The van der Waals surface area contributed by atoms with E-state index in [1.54, 1.807) is 0 Å². The zero-order valence-electron chi connectivity index (χ0n) is 10.1. The minimum absolute atomic E-state index is 0.0438. The summed E-state index contributed by atoms with van der Waals surface area (Å²) in [4.78, 5) is 11.2.